The lowest BCUT2D eigenvalue weighted by atomic mass is 10.1. The van der Waals surface area contributed by atoms with E-state index >= 15 is 0 Å². The third-order valence-corrected chi connectivity index (χ3v) is 3.63. The molecule has 0 unspecified atom stereocenters. The molecule has 2 aromatic rings. The number of nitrogens with zero attached hydrogens (tertiary/aromatic N) is 2. The predicted molar refractivity (Wildman–Crippen MR) is 72.7 cm³/mol. The highest BCUT2D eigenvalue weighted by Gasteiger charge is 2.25. The molecule has 0 N–H and O–H groups in total. The number of Topliss-reactive ketones (excluding diaryl/α,β-unsaturated/α-hetero) is 1. The van der Waals surface area contributed by atoms with E-state index in [0.717, 1.165) is 12.8 Å². The molecule has 19 heavy (non-hydrogen) atoms. The van der Waals surface area contributed by atoms with Crippen LogP contribution in [0.15, 0.2) is 41.5 Å². The predicted octanol–water partition coefficient (Wildman–Crippen LogP) is 2.52. The van der Waals surface area contributed by atoms with Crippen molar-refractivity contribution in [1.82, 2.24) is 9.13 Å². The van der Waals surface area contributed by atoms with Crippen LogP contribution in [0.3, 0.4) is 0 Å². The van der Waals surface area contributed by atoms with E-state index in [4.69, 9.17) is 11.6 Å². The molecule has 0 amide bonds. The van der Waals surface area contributed by atoms with Crippen LogP contribution >= 0.6 is 11.6 Å². The van der Waals surface area contributed by atoms with Crippen LogP contribution in [-0.4, -0.2) is 14.9 Å². The molecular weight excluding hydrogens is 264 g/mol. The maximum absolute atomic E-state index is 12.1. The fraction of sp³-hybridized carbons (Fsp3) is 0.286. The molecule has 0 radical (unpaired) electrons. The van der Waals surface area contributed by atoms with Crippen LogP contribution < -0.4 is 5.69 Å². The Morgan fingerprint density at radius 1 is 1.26 bits per heavy atom. The number of benzene rings is 1. The SMILES string of the molecule is O=C(Cn1ccn(C2CC2)c1=O)c1ccccc1Cl. The second kappa shape index (κ2) is 4.70. The van der Waals surface area contributed by atoms with E-state index < -0.39 is 0 Å². The Labute approximate surface area is 115 Å². The molecular formula is C14H13ClN2O2. The average Bonchev–Trinajstić information content (AvgIpc) is 3.17. The van der Waals surface area contributed by atoms with Gasteiger partial charge < -0.3 is 0 Å². The second-order valence-corrected chi connectivity index (χ2v) is 5.16. The number of imidazole rings is 1. The van der Waals surface area contributed by atoms with Gasteiger partial charge in [-0.2, -0.15) is 0 Å². The summed E-state index contributed by atoms with van der Waals surface area (Å²) >= 11 is 5.98. The fourth-order valence-electron chi connectivity index (χ4n) is 2.11. The summed E-state index contributed by atoms with van der Waals surface area (Å²) in [6.07, 6.45) is 5.50. The topological polar surface area (TPSA) is 44.0 Å². The molecule has 1 aliphatic carbocycles. The zero-order valence-corrected chi connectivity index (χ0v) is 11.0. The van der Waals surface area contributed by atoms with E-state index in [-0.39, 0.29) is 18.0 Å². The van der Waals surface area contributed by atoms with Gasteiger partial charge in [-0.25, -0.2) is 4.79 Å². The summed E-state index contributed by atoms with van der Waals surface area (Å²) in [5, 5.41) is 0.419. The average molecular weight is 277 g/mol. The van der Waals surface area contributed by atoms with Gasteiger partial charge in [-0.3, -0.25) is 13.9 Å². The van der Waals surface area contributed by atoms with E-state index in [1.54, 1.807) is 41.2 Å². The molecule has 1 saturated carbocycles. The van der Waals surface area contributed by atoms with Crippen LogP contribution in [0.4, 0.5) is 0 Å². The number of carbonyl (C=O) groups excluding carboxylic acids is 1. The van der Waals surface area contributed by atoms with Crippen LogP contribution in [0.5, 0.6) is 0 Å². The molecule has 1 aromatic carbocycles. The van der Waals surface area contributed by atoms with Gasteiger partial charge in [0, 0.05) is 24.0 Å². The fourth-order valence-corrected chi connectivity index (χ4v) is 2.35. The zero-order valence-electron chi connectivity index (χ0n) is 10.3. The molecule has 4 nitrogen and oxygen atoms in total. The van der Waals surface area contributed by atoms with Gasteiger partial charge in [-0.15, -0.1) is 0 Å². The molecule has 0 spiro atoms. The summed E-state index contributed by atoms with van der Waals surface area (Å²) < 4.78 is 3.13. The Hall–Kier alpha value is -1.81. The van der Waals surface area contributed by atoms with Crippen LogP contribution in [0.2, 0.25) is 5.02 Å². The quantitative estimate of drug-likeness (QED) is 0.806. The highest BCUT2D eigenvalue weighted by Crippen LogP contribution is 2.33. The van der Waals surface area contributed by atoms with Crippen molar-refractivity contribution in [3.63, 3.8) is 0 Å². The number of rotatable bonds is 4. The number of aromatic nitrogens is 2. The first-order chi connectivity index (χ1) is 9.16. The summed E-state index contributed by atoms with van der Waals surface area (Å²) in [6, 6.07) is 7.20. The summed E-state index contributed by atoms with van der Waals surface area (Å²) in [7, 11) is 0. The van der Waals surface area contributed by atoms with Gasteiger partial charge in [0.2, 0.25) is 0 Å². The molecule has 0 atom stereocenters. The second-order valence-electron chi connectivity index (χ2n) is 4.75. The standard InChI is InChI=1S/C14H13ClN2O2/c15-12-4-2-1-3-11(12)13(18)9-16-7-8-17(14(16)19)10-5-6-10/h1-4,7-8,10H,5-6,9H2. The normalized spacial score (nSPS) is 14.6. The molecule has 0 saturated heterocycles. The number of hydrogen-bond donors (Lipinski definition) is 0. The Bertz CT molecular complexity index is 683. The van der Waals surface area contributed by atoms with E-state index in [2.05, 4.69) is 0 Å². The van der Waals surface area contributed by atoms with Gasteiger partial charge in [-0.05, 0) is 25.0 Å². The lowest BCUT2D eigenvalue weighted by Crippen LogP contribution is -2.26. The molecule has 1 aromatic heterocycles. The van der Waals surface area contributed by atoms with Crippen molar-refractivity contribution in [2.75, 3.05) is 0 Å². The van der Waals surface area contributed by atoms with E-state index in [1.165, 1.54) is 4.57 Å². The molecule has 0 bridgehead atoms. The van der Waals surface area contributed by atoms with Crippen LogP contribution in [0.1, 0.15) is 29.2 Å². The minimum absolute atomic E-state index is 0.0300. The number of ketones is 1. The minimum atomic E-state index is -0.152. The number of hydrogen-bond acceptors (Lipinski definition) is 2. The monoisotopic (exact) mass is 276 g/mol. The van der Waals surface area contributed by atoms with Gasteiger partial charge in [0.15, 0.2) is 5.78 Å². The highest BCUT2D eigenvalue weighted by atomic mass is 35.5. The van der Waals surface area contributed by atoms with Crippen LogP contribution in [0.25, 0.3) is 0 Å². The Morgan fingerprint density at radius 2 is 2.00 bits per heavy atom. The molecule has 3 rings (SSSR count). The smallest absolute Gasteiger partial charge is 0.296 e. The maximum atomic E-state index is 12.1. The Balaban J connectivity index is 1.84. The molecule has 1 heterocycles. The first-order valence-electron chi connectivity index (χ1n) is 6.22. The summed E-state index contributed by atoms with van der Waals surface area (Å²) in [5.41, 5.74) is 0.332. The van der Waals surface area contributed by atoms with Crippen molar-refractivity contribution in [3.8, 4) is 0 Å². The third kappa shape index (κ3) is 2.36. The Morgan fingerprint density at radius 3 is 2.68 bits per heavy atom. The van der Waals surface area contributed by atoms with Crippen molar-refractivity contribution in [3.05, 3.63) is 57.7 Å². The summed E-state index contributed by atoms with van der Waals surface area (Å²) in [4.78, 5) is 24.2. The van der Waals surface area contributed by atoms with Gasteiger partial charge in [0.1, 0.15) is 0 Å². The van der Waals surface area contributed by atoms with E-state index in [0.29, 0.717) is 16.6 Å². The first-order valence-corrected chi connectivity index (χ1v) is 6.59. The lowest BCUT2D eigenvalue weighted by molar-refractivity contribution is 0.0971. The van der Waals surface area contributed by atoms with Crippen molar-refractivity contribution < 1.29 is 4.79 Å². The van der Waals surface area contributed by atoms with E-state index in [9.17, 15) is 9.59 Å². The highest BCUT2D eigenvalue weighted by molar-refractivity contribution is 6.33. The largest absolute Gasteiger partial charge is 0.328 e. The molecule has 98 valence electrons. The van der Waals surface area contributed by atoms with Gasteiger partial charge in [0.25, 0.3) is 0 Å². The van der Waals surface area contributed by atoms with Crippen molar-refractivity contribution in [1.29, 1.82) is 0 Å². The molecule has 0 aliphatic heterocycles. The molecule has 1 aliphatic rings. The van der Waals surface area contributed by atoms with Gasteiger partial charge in [0.05, 0.1) is 11.6 Å². The van der Waals surface area contributed by atoms with Crippen LogP contribution in [0, 0.1) is 0 Å². The Kier molecular flexibility index (Phi) is 3.03. The lowest BCUT2D eigenvalue weighted by Gasteiger charge is -2.03. The van der Waals surface area contributed by atoms with E-state index in [1.807, 2.05) is 0 Å². The number of carbonyl (C=O) groups is 1. The van der Waals surface area contributed by atoms with Crippen molar-refractivity contribution in [2.24, 2.45) is 0 Å². The van der Waals surface area contributed by atoms with Gasteiger partial charge in [-0.1, -0.05) is 23.7 Å². The number of halogens is 1. The van der Waals surface area contributed by atoms with Crippen molar-refractivity contribution in [2.45, 2.75) is 25.4 Å². The zero-order chi connectivity index (χ0) is 13.4. The van der Waals surface area contributed by atoms with Gasteiger partial charge >= 0.3 is 5.69 Å². The van der Waals surface area contributed by atoms with Crippen LogP contribution in [-0.2, 0) is 6.54 Å². The maximum Gasteiger partial charge on any atom is 0.328 e. The van der Waals surface area contributed by atoms with Crippen molar-refractivity contribution >= 4 is 17.4 Å². The summed E-state index contributed by atoms with van der Waals surface area (Å²) in [6.45, 7) is 0.0300. The molecule has 1 fully saturated rings. The summed E-state index contributed by atoms with van der Waals surface area (Å²) in [5.74, 6) is -0.152. The molecule has 5 heteroatoms. The minimum Gasteiger partial charge on any atom is -0.296 e. The first kappa shape index (κ1) is 12.2. The third-order valence-electron chi connectivity index (χ3n) is 3.30.